The Morgan fingerprint density at radius 1 is 1.45 bits per heavy atom. The van der Waals surface area contributed by atoms with Crippen LogP contribution in [0.1, 0.15) is 48.8 Å². The monoisotopic (exact) mass is 280 g/mol. The summed E-state index contributed by atoms with van der Waals surface area (Å²) in [6.45, 7) is 5.99. The van der Waals surface area contributed by atoms with E-state index in [9.17, 15) is 4.79 Å². The lowest BCUT2D eigenvalue weighted by Gasteiger charge is -2.32. The molecule has 2 heterocycles. The van der Waals surface area contributed by atoms with Gasteiger partial charge in [-0.3, -0.25) is 0 Å². The number of carbonyl (C=O) groups excluding carboxylic acids is 1. The highest BCUT2D eigenvalue weighted by atomic mass is 16.5. The molecule has 0 spiro atoms. The van der Waals surface area contributed by atoms with Crippen LogP contribution >= 0.6 is 0 Å². The number of nitrogens with zero attached hydrogens (tertiary/aromatic N) is 4. The molecule has 0 bridgehead atoms. The standard InChI is InChI=1S/C14H24N4O2/c1-4-20-14(19)13-11(2)18(16-15-13)10-8-12-7-5-6-9-17(12)3/h12H,4-10H2,1-3H3. The number of aromatic nitrogens is 3. The van der Waals surface area contributed by atoms with Gasteiger partial charge in [0.1, 0.15) is 0 Å². The molecule has 1 aliphatic rings. The first kappa shape index (κ1) is 15.0. The van der Waals surface area contributed by atoms with Crippen LogP contribution in [0.25, 0.3) is 0 Å². The molecule has 1 atom stereocenters. The quantitative estimate of drug-likeness (QED) is 0.767. The van der Waals surface area contributed by atoms with Crippen molar-refractivity contribution < 1.29 is 9.53 Å². The van der Waals surface area contributed by atoms with Gasteiger partial charge < -0.3 is 9.64 Å². The molecule has 2 rings (SSSR count). The normalized spacial score (nSPS) is 20.1. The maximum Gasteiger partial charge on any atom is 0.360 e. The van der Waals surface area contributed by atoms with Gasteiger partial charge in [-0.2, -0.15) is 0 Å². The smallest absolute Gasteiger partial charge is 0.360 e. The van der Waals surface area contributed by atoms with E-state index in [1.807, 2.05) is 11.6 Å². The van der Waals surface area contributed by atoms with Crippen molar-refractivity contribution in [2.24, 2.45) is 0 Å². The topological polar surface area (TPSA) is 60.2 Å². The highest BCUT2D eigenvalue weighted by Gasteiger charge is 2.21. The number of aryl methyl sites for hydroxylation is 1. The van der Waals surface area contributed by atoms with Crippen LogP contribution in [-0.2, 0) is 11.3 Å². The molecule has 0 N–H and O–H groups in total. The van der Waals surface area contributed by atoms with Gasteiger partial charge in [-0.1, -0.05) is 11.6 Å². The van der Waals surface area contributed by atoms with E-state index in [4.69, 9.17) is 4.74 Å². The lowest BCUT2D eigenvalue weighted by Crippen LogP contribution is -2.36. The third-order valence-corrected chi connectivity index (χ3v) is 4.05. The van der Waals surface area contributed by atoms with Crippen molar-refractivity contribution >= 4 is 5.97 Å². The summed E-state index contributed by atoms with van der Waals surface area (Å²) in [6, 6.07) is 0.610. The second kappa shape index (κ2) is 6.83. The van der Waals surface area contributed by atoms with E-state index in [1.54, 1.807) is 6.92 Å². The van der Waals surface area contributed by atoms with Gasteiger partial charge >= 0.3 is 5.97 Å². The average molecular weight is 280 g/mol. The summed E-state index contributed by atoms with van der Waals surface area (Å²) in [4.78, 5) is 14.1. The van der Waals surface area contributed by atoms with E-state index in [0.717, 1.165) is 18.7 Å². The molecule has 1 unspecified atom stereocenters. The predicted octanol–water partition coefficient (Wildman–Crippen LogP) is 1.64. The zero-order valence-electron chi connectivity index (χ0n) is 12.6. The Kier molecular flexibility index (Phi) is 5.11. The van der Waals surface area contributed by atoms with Gasteiger partial charge in [-0.05, 0) is 46.7 Å². The molecule has 1 fully saturated rings. The van der Waals surface area contributed by atoms with Crippen LogP contribution in [0.5, 0.6) is 0 Å². The molecule has 0 aliphatic carbocycles. The molecule has 112 valence electrons. The van der Waals surface area contributed by atoms with Gasteiger partial charge in [-0.15, -0.1) is 5.10 Å². The Labute approximate surface area is 120 Å². The fraction of sp³-hybridized carbons (Fsp3) is 0.786. The van der Waals surface area contributed by atoms with Crippen molar-refractivity contribution in [2.75, 3.05) is 20.2 Å². The van der Waals surface area contributed by atoms with Crippen molar-refractivity contribution in [3.8, 4) is 0 Å². The molecule has 20 heavy (non-hydrogen) atoms. The van der Waals surface area contributed by atoms with Gasteiger partial charge in [0.15, 0.2) is 5.69 Å². The maximum absolute atomic E-state index is 11.7. The van der Waals surface area contributed by atoms with Crippen LogP contribution < -0.4 is 0 Å². The lowest BCUT2D eigenvalue weighted by atomic mass is 10.0. The molecule has 1 aromatic rings. The molecular formula is C14H24N4O2. The molecule has 6 nitrogen and oxygen atoms in total. The molecule has 1 aromatic heterocycles. The second-order valence-corrected chi connectivity index (χ2v) is 5.39. The van der Waals surface area contributed by atoms with E-state index < -0.39 is 0 Å². The Balaban J connectivity index is 1.94. The summed E-state index contributed by atoms with van der Waals surface area (Å²) in [5.41, 5.74) is 1.13. The number of carbonyl (C=O) groups is 1. The molecule has 0 aromatic carbocycles. The van der Waals surface area contributed by atoms with E-state index in [-0.39, 0.29) is 5.97 Å². The summed E-state index contributed by atoms with van der Waals surface area (Å²) in [5, 5.41) is 8.02. The summed E-state index contributed by atoms with van der Waals surface area (Å²) in [7, 11) is 2.18. The summed E-state index contributed by atoms with van der Waals surface area (Å²) in [5.74, 6) is -0.383. The third kappa shape index (κ3) is 3.36. The van der Waals surface area contributed by atoms with Crippen LogP contribution in [0.15, 0.2) is 0 Å². The van der Waals surface area contributed by atoms with Crippen LogP contribution in [-0.4, -0.2) is 52.1 Å². The van der Waals surface area contributed by atoms with E-state index in [0.29, 0.717) is 18.3 Å². The highest BCUT2D eigenvalue weighted by molar-refractivity contribution is 5.88. The number of rotatable bonds is 5. The number of piperidine rings is 1. The first-order valence-electron chi connectivity index (χ1n) is 7.41. The number of hydrogen-bond acceptors (Lipinski definition) is 5. The van der Waals surface area contributed by atoms with Gasteiger partial charge in [0, 0.05) is 12.6 Å². The SMILES string of the molecule is CCOC(=O)c1nnn(CCC2CCCCN2C)c1C. The first-order chi connectivity index (χ1) is 9.63. The molecule has 6 heteroatoms. The largest absolute Gasteiger partial charge is 0.461 e. The maximum atomic E-state index is 11.7. The number of hydrogen-bond donors (Lipinski definition) is 0. The molecule has 0 saturated carbocycles. The van der Waals surface area contributed by atoms with Crippen LogP contribution in [0.3, 0.4) is 0 Å². The Bertz CT molecular complexity index is 458. The van der Waals surface area contributed by atoms with E-state index in [1.165, 1.54) is 25.8 Å². The third-order valence-electron chi connectivity index (χ3n) is 4.05. The van der Waals surface area contributed by atoms with Crippen LogP contribution in [0.4, 0.5) is 0 Å². The molecular weight excluding hydrogens is 256 g/mol. The summed E-state index contributed by atoms with van der Waals surface area (Å²) < 4.78 is 6.78. The van der Waals surface area contributed by atoms with Crippen molar-refractivity contribution in [3.63, 3.8) is 0 Å². The van der Waals surface area contributed by atoms with Crippen molar-refractivity contribution in [2.45, 2.75) is 52.1 Å². The minimum absolute atomic E-state index is 0.337. The van der Waals surface area contributed by atoms with Gasteiger partial charge in [0.25, 0.3) is 0 Å². The van der Waals surface area contributed by atoms with Crippen molar-refractivity contribution in [1.29, 1.82) is 0 Å². The highest BCUT2D eigenvalue weighted by Crippen LogP contribution is 2.18. The average Bonchev–Trinajstić information content (AvgIpc) is 2.79. The van der Waals surface area contributed by atoms with Crippen molar-refractivity contribution in [1.82, 2.24) is 19.9 Å². The molecule has 1 saturated heterocycles. The number of esters is 1. The van der Waals surface area contributed by atoms with E-state index in [2.05, 4.69) is 22.3 Å². The lowest BCUT2D eigenvalue weighted by molar-refractivity contribution is 0.0518. The minimum Gasteiger partial charge on any atom is -0.461 e. The Morgan fingerprint density at radius 2 is 2.25 bits per heavy atom. The fourth-order valence-electron chi connectivity index (χ4n) is 2.74. The van der Waals surface area contributed by atoms with E-state index >= 15 is 0 Å². The number of likely N-dealkylation sites (tertiary alicyclic amines) is 1. The predicted molar refractivity (Wildman–Crippen MR) is 75.6 cm³/mol. The van der Waals surface area contributed by atoms with Gasteiger partial charge in [0.2, 0.25) is 0 Å². The number of ether oxygens (including phenoxy) is 1. The second-order valence-electron chi connectivity index (χ2n) is 5.39. The zero-order valence-corrected chi connectivity index (χ0v) is 12.6. The Hall–Kier alpha value is -1.43. The van der Waals surface area contributed by atoms with Gasteiger partial charge in [-0.25, -0.2) is 9.48 Å². The van der Waals surface area contributed by atoms with Crippen molar-refractivity contribution in [3.05, 3.63) is 11.4 Å². The summed E-state index contributed by atoms with van der Waals surface area (Å²) in [6.07, 6.45) is 4.89. The first-order valence-corrected chi connectivity index (χ1v) is 7.41. The fourth-order valence-corrected chi connectivity index (χ4v) is 2.74. The summed E-state index contributed by atoms with van der Waals surface area (Å²) >= 11 is 0. The molecule has 1 aliphatic heterocycles. The van der Waals surface area contributed by atoms with Crippen LogP contribution in [0, 0.1) is 6.92 Å². The minimum atomic E-state index is -0.383. The zero-order chi connectivity index (χ0) is 14.5. The van der Waals surface area contributed by atoms with Crippen LogP contribution in [0.2, 0.25) is 0 Å². The molecule has 0 radical (unpaired) electrons. The Morgan fingerprint density at radius 3 is 2.95 bits per heavy atom. The molecule has 0 amide bonds. The van der Waals surface area contributed by atoms with Gasteiger partial charge in [0.05, 0.1) is 12.3 Å².